The second kappa shape index (κ2) is 11.3. The minimum Gasteiger partial charge on any atom is -0.312 e. The van der Waals surface area contributed by atoms with E-state index in [1.807, 2.05) is 19.1 Å². The molecule has 0 aliphatic heterocycles. The first-order valence-electron chi connectivity index (χ1n) is 13.7. The van der Waals surface area contributed by atoms with Crippen molar-refractivity contribution in [1.82, 2.24) is 29.1 Å². The quantitative estimate of drug-likeness (QED) is 0.180. The highest BCUT2D eigenvalue weighted by Gasteiger charge is 2.33. The number of carbonyl (C=O) groups is 1. The summed E-state index contributed by atoms with van der Waals surface area (Å²) in [6.45, 7) is 9.45. The van der Waals surface area contributed by atoms with Crippen molar-refractivity contribution in [3.8, 4) is 0 Å². The summed E-state index contributed by atoms with van der Waals surface area (Å²) in [7, 11) is 0. The molecule has 1 fully saturated rings. The fourth-order valence-corrected chi connectivity index (χ4v) is 6.25. The Labute approximate surface area is 234 Å². The van der Waals surface area contributed by atoms with Gasteiger partial charge in [0.05, 0.1) is 0 Å². The van der Waals surface area contributed by atoms with Gasteiger partial charge in [-0.25, -0.2) is 19.9 Å². The molecule has 1 unspecified atom stereocenters. The van der Waals surface area contributed by atoms with E-state index in [4.69, 9.17) is 28.2 Å². The first-order chi connectivity index (χ1) is 18.2. The number of halogens is 2. The van der Waals surface area contributed by atoms with Crippen LogP contribution in [0.2, 0.25) is 10.3 Å². The van der Waals surface area contributed by atoms with Crippen molar-refractivity contribution in [3.05, 3.63) is 46.2 Å². The number of nitrogens with zero attached hydrogens (tertiary/aromatic N) is 6. The molecule has 0 spiro atoms. The minimum atomic E-state index is 0.344. The topological polar surface area (TPSA) is 78.5 Å². The van der Waals surface area contributed by atoms with Crippen LogP contribution in [-0.2, 0) is 17.8 Å². The molecule has 1 saturated carbocycles. The third kappa shape index (κ3) is 5.89. The molecule has 0 amide bonds. The lowest BCUT2D eigenvalue weighted by atomic mass is 9.74. The smallest absolute Gasteiger partial charge is 0.161 e. The Morgan fingerprint density at radius 3 is 2.32 bits per heavy atom. The molecule has 1 aliphatic carbocycles. The van der Waals surface area contributed by atoms with Crippen molar-refractivity contribution in [2.45, 2.75) is 85.2 Å². The van der Waals surface area contributed by atoms with Gasteiger partial charge in [0.25, 0.3) is 0 Å². The maximum Gasteiger partial charge on any atom is 0.161 e. The predicted molar refractivity (Wildman–Crippen MR) is 153 cm³/mol. The van der Waals surface area contributed by atoms with Crippen LogP contribution in [0.1, 0.15) is 77.0 Å². The zero-order chi connectivity index (χ0) is 27.0. The maximum absolute atomic E-state index is 12.8. The molecule has 38 heavy (non-hydrogen) atoms. The van der Waals surface area contributed by atoms with Crippen molar-refractivity contribution in [2.75, 3.05) is 0 Å². The molecule has 202 valence electrons. The van der Waals surface area contributed by atoms with Gasteiger partial charge in [-0.05, 0) is 74.6 Å². The Morgan fingerprint density at radius 2 is 1.63 bits per heavy atom. The van der Waals surface area contributed by atoms with E-state index in [1.165, 1.54) is 0 Å². The normalized spacial score (nSPS) is 18.4. The Kier molecular flexibility index (Phi) is 8.06. The first kappa shape index (κ1) is 27.1. The number of aryl methyl sites for hydroxylation is 2. The van der Waals surface area contributed by atoms with Crippen molar-refractivity contribution in [2.24, 2.45) is 17.8 Å². The lowest BCUT2D eigenvalue weighted by Gasteiger charge is -2.38. The Bertz CT molecular complexity index is 1450. The summed E-state index contributed by atoms with van der Waals surface area (Å²) in [5, 5.41) is 0.977. The zero-order valence-corrected chi connectivity index (χ0v) is 24.1. The molecule has 1 aliphatic rings. The van der Waals surface area contributed by atoms with E-state index >= 15 is 0 Å². The number of hydrogen-bond acceptors (Lipinski definition) is 5. The Hall–Kier alpha value is -2.51. The number of rotatable bonds is 11. The van der Waals surface area contributed by atoms with Crippen molar-refractivity contribution in [3.63, 3.8) is 0 Å². The van der Waals surface area contributed by atoms with Gasteiger partial charge in [-0.3, -0.25) is 4.79 Å². The van der Waals surface area contributed by atoms with Crippen molar-refractivity contribution < 1.29 is 4.79 Å². The first-order valence-corrected chi connectivity index (χ1v) is 14.5. The number of aromatic nitrogens is 6. The summed E-state index contributed by atoms with van der Waals surface area (Å²) in [6, 6.07) is 7.84. The van der Waals surface area contributed by atoms with Gasteiger partial charge in [0.2, 0.25) is 0 Å². The van der Waals surface area contributed by atoms with Crippen LogP contribution in [0.5, 0.6) is 0 Å². The van der Waals surface area contributed by atoms with E-state index in [9.17, 15) is 4.79 Å². The Morgan fingerprint density at radius 1 is 0.974 bits per heavy atom. The highest BCUT2D eigenvalue weighted by molar-refractivity contribution is 6.30. The van der Waals surface area contributed by atoms with Gasteiger partial charge in [-0.15, -0.1) is 0 Å². The van der Waals surface area contributed by atoms with Crippen LogP contribution < -0.4 is 0 Å². The summed E-state index contributed by atoms with van der Waals surface area (Å²) in [4.78, 5) is 31.3. The van der Waals surface area contributed by atoms with E-state index in [0.717, 1.165) is 72.6 Å². The number of ketones is 1. The third-order valence-electron chi connectivity index (χ3n) is 7.61. The van der Waals surface area contributed by atoms with Crippen LogP contribution in [0.4, 0.5) is 0 Å². The summed E-state index contributed by atoms with van der Waals surface area (Å²) in [5.74, 6) is 3.81. The maximum atomic E-state index is 12.8. The molecule has 0 bridgehead atoms. The van der Waals surface area contributed by atoms with Gasteiger partial charge in [0.15, 0.2) is 11.3 Å². The van der Waals surface area contributed by atoms with Crippen LogP contribution in [0.25, 0.3) is 22.3 Å². The van der Waals surface area contributed by atoms with Crippen LogP contribution >= 0.6 is 23.2 Å². The molecule has 7 nitrogen and oxygen atoms in total. The molecule has 5 rings (SSSR count). The zero-order valence-electron chi connectivity index (χ0n) is 22.6. The number of hydrogen-bond donors (Lipinski definition) is 0. The lowest BCUT2D eigenvalue weighted by molar-refractivity contribution is -0.120. The average molecular weight is 556 g/mol. The lowest BCUT2D eigenvalue weighted by Crippen LogP contribution is -2.29. The van der Waals surface area contributed by atoms with Gasteiger partial charge >= 0.3 is 0 Å². The molecule has 0 N–H and O–H groups in total. The summed E-state index contributed by atoms with van der Waals surface area (Å²) < 4.78 is 4.41. The number of fused-ring (bicyclic) bond motifs is 2. The van der Waals surface area contributed by atoms with E-state index in [1.54, 1.807) is 12.1 Å². The van der Waals surface area contributed by atoms with Crippen LogP contribution in [0, 0.1) is 24.7 Å². The Balaban J connectivity index is 1.10. The fraction of sp³-hybridized carbons (Fsp3) is 0.552. The monoisotopic (exact) mass is 554 g/mol. The number of pyridine rings is 2. The summed E-state index contributed by atoms with van der Waals surface area (Å²) in [6.07, 6.45) is 6.08. The van der Waals surface area contributed by atoms with Gasteiger partial charge in [-0.2, -0.15) is 0 Å². The molecule has 0 radical (unpaired) electrons. The largest absolute Gasteiger partial charge is 0.312 e. The van der Waals surface area contributed by atoms with Gasteiger partial charge < -0.3 is 9.13 Å². The van der Waals surface area contributed by atoms with Crippen molar-refractivity contribution in [1.29, 1.82) is 0 Å². The number of carbonyl (C=O) groups excluding carboxylic acids is 1. The SMILES string of the molecule is Cc1nc2ccc(Cl)nc2n1C1CC(CC(C)CC(=O)CCCc2nc3ccc(Cl)nc3n2CC(C)C)C1. The van der Waals surface area contributed by atoms with Crippen LogP contribution in [0.3, 0.4) is 0 Å². The molecule has 0 saturated heterocycles. The van der Waals surface area contributed by atoms with Crippen LogP contribution in [0.15, 0.2) is 24.3 Å². The summed E-state index contributed by atoms with van der Waals surface area (Å²) in [5.41, 5.74) is 3.47. The second-order valence-corrected chi connectivity index (χ2v) is 12.2. The van der Waals surface area contributed by atoms with Crippen LogP contribution in [-0.4, -0.2) is 34.9 Å². The standard InChI is InChI=1S/C29H36Cl2N6O/c1-17(2)16-36-27(33-23-8-10-25(30)34-28(23)36)7-5-6-22(38)13-18(3)12-20-14-21(15-20)37-19(4)32-24-9-11-26(31)35-29(24)37/h8-11,17-18,20-21H,5-7,12-16H2,1-4H3. The molecule has 4 heterocycles. The van der Waals surface area contributed by atoms with Crippen molar-refractivity contribution >= 4 is 51.3 Å². The molecular weight excluding hydrogens is 519 g/mol. The molecule has 4 aromatic heterocycles. The van der Waals surface area contributed by atoms with Gasteiger partial charge in [0.1, 0.15) is 38.8 Å². The second-order valence-electron chi connectivity index (χ2n) is 11.4. The van der Waals surface area contributed by atoms with E-state index in [0.29, 0.717) is 52.7 Å². The fourth-order valence-electron chi connectivity index (χ4n) is 5.96. The van der Waals surface area contributed by atoms with E-state index < -0.39 is 0 Å². The van der Waals surface area contributed by atoms with E-state index in [-0.39, 0.29) is 0 Å². The average Bonchev–Trinajstić information content (AvgIpc) is 3.31. The number of imidazole rings is 2. The van der Waals surface area contributed by atoms with E-state index in [2.05, 4.69) is 44.9 Å². The highest BCUT2D eigenvalue weighted by atomic mass is 35.5. The number of Topliss-reactive ketones (excluding diaryl/α,β-unsaturated/α-hetero) is 1. The molecule has 9 heteroatoms. The molecule has 1 atom stereocenters. The predicted octanol–water partition coefficient (Wildman–Crippen LogP) is 7.41. The molecule has 4 aromatic rings. The highest BCUT2D eigenvalue weighted by Crippen LogP contribution is 2.43. The van der Waals surface area contributed by atoms with Gasteiger partial charge in [-0.1, -0.05) is 44.0 Å². The minimum absolute atomic E-state index is 0.344. The molecular formula is C29H36Cl2N6O. The van der Waals surface area contributed by atoms with Gasteiger partial charge in [0, 0.05) is 31.8 Å². The third-order valence-corrected chi connectivity index (χ3v) is 8.03. The molecule has 0 aromatic carbocycles. The summed E-state index contributed by atoms with van der Waals surface area (Å²) >= 11 is 12.3.